The lowest BCUT2D eigenvalue weighted by Gasteiger charge is -2.28. The second-order valence-corrected chi connectivity index (χ2v) is 8.30. The summed E-state index contributed by atoms with van der Waals surface area (Å²) in [7, 11) is 0. The van der Waals surface area contributed by atoms with E-state index in [1.807, 2.05) is 0 Å². The monoisotopic (exact) mass is 422 g/mol. The second-order valence-electron chi connectivity index (χ2n) is 7.91. The molecule has 0 bridgehead atoms. The minimum absolute atomic E-state index is 0.786. The number of benzene rings is 2. The number of fused-ring (bicyclic) bond motifs is 1. The van der Waals surface area contributed by atoms with E-state index in [2.05, 4.69) is 96.5 Å². The van der Waals surface area contributed by atoms with Crippen LogP contribution in [0.5, 0.6) is 0 Å². The smallest absolute Gasteiger partial charge is 0.173 e. The summed E-state index contributed by atoms with van der Waals surface area (Å²) in [5, 5.41) is 5.56. The number of H-pyrrole nitrogens is 1. The van der Waals surface area contributed by atoms with Crippen LogP contribution in [0.4, 0.5) is 5.69 Å². The summed E-state index contributed by atoms with van der Waals surface area (Å²) in [5.41, 5.74) is 5.98. The summed E-state index contributed by atoms with van der Waals surface area (Å²) < 4.78 is 0. The van der Waals surface area contributed by atoms with Gasteiger partial charge in [-0.15, -0.1) is 0 Å². The van der Waals surface area contributed by atoms with Crippen molar-refractivity contribution in [2.45, 2.75) is 40.7 Å². The third-order valence-corrected chi connectivity index (χ3v) is 6.12. The molecule has 3 rings (SSSR count). The summed E-state index contributed by atoms with van der Waals surface area (Å²) in [5.74, 6) is 0. The molecule has 0 aliphatic heterocycles. The number of hydrogen-bond acceptors (Lipinski definition) is 2. The van der Waals surface area contributed by atoms with Crippen molar-refractivity contribution >= 4 is 33.9 Å². The van der Waals surface area contributed by atoms with Crippen molar-refractivity contribution in [2.75, 3.05) is 31.5 Å². The fourth-order valence-electron chi connectivity index (χ4n) is 3.81. The van der Waals surface area contributed by atoms with Gasteiger partial charge in [-0.3, -0.25) is 0 Å². The summed E-state index contributed by atoms with van der Waals surface area (Å²) in [4.78, 5) is 8.16. The Morgan fingerprint density at radius 1 is 1.03 bits per heavy atom. The molecule has 0 saturated carbocycles. The number of nitrogens with zero attached hydrogens (tertiary/aromatic N) is 2. The molecule has 1 heterocycles. The molecule has 3 aromatic rings. The van der Waals surface area contributed by atoms with Gasteiger partial charge in [0.1, 0.15) is 0 Å². The molecule has 160 valence electrons. The van der Waals surface area contributed by atoms with Crippen LogP contribution >= 0.6 is 12.2 Å². The number of anilines is 1. The van der Waals surface area contributed by atoms with Crippen molar-refractivity contribution in [3.05, 3.63) is 65.4 Å². The number of aromatic nitrogens is 1. The van der Waals surface area contributed by atoms with Crippen LogP contribution < -0.4 is 5.32 Å². The van der Waals surface area contributed by atoms with Gasteiger partial charge in [0.2, 0.25) is 0 Å². The van der Waals surface area contributed by atoms with Crippen molar-refractivity contribution < 1.29 is 0 Å². The van der Waals surface area contributed by atoms with Gasteiger partial charge in [-0.2, -0.15) is 0 Å². The molecule has 0 fully saturated rings. The zero-order valence-corrected chi connectivity index (χ0v) is 19.5. The molecular weight excluding hydrogens is 388 g/mol. The average Bonchev–Trinajstić information content (AvgIpc) is 3.16. The Bertz CT molecular complexity index is 974. The Balaban J connectivity index is 1.77. The molecule has 0 spiro atoms. The quantitative estimate of drug-likeness (QED) is 0.433. The normalized spacial score (nSPS) is 11.2. The number of thiocarbonyl (C=S) groups is 1. The average molecular weight is 423 g/mol. The maximum Gasteiger partial charge on any atom is 0.173 e. The first-order valence-electron chi connectivity index (χ1n) is 10.9. The van der Waals surface area contributed by atoms with Crippen molar-refractivity contribution in [2.24, 2.45) is 0 Å². The summed E-state index contributed by atoms with van der Waals surface area (Å²) >= 11 is 5.88. The van der Waals surface area contributed by atoms with Crippen molar-refractivity contribution in [1.82, 2.24) is 14.8 Å². The largest absolute Gasteiger partial charge is 0.361 e. The van der Waals surface area contributed by atoms with Gasteiger partial charge in [0.25, 0.3) is 0 Å². The third-order valence-electron chi connectivity index (χ3n) is 5.75. The number of rotatable bonds is 9. The minimum atomic E-state index is 0.786. The first kappa shape index (κ1) is 22.3. The number of aryl methyl sites for hydroxylation is 2. The predicted octanol–water partition coefficient (Wildman–Crippen LogP) is 5.72. The van der Waals surface area contributed by atoms with E-state index in [-0.39, 0.29) is 0 Å². The van der Waals surface area contributed by atoms with Crippen LogP contribution in [-0.2, 0) is 6.54 Å². The van der Waals surface area contributed by atoms with Crippen LogP contribution in [0.3, 0.4) is 0 Å². The van der Waals surface area contributed by atoms with Crippen molar-refractivity contribution in [1.29, 1.82) is 0 Å². The molecule has 0 aliphatic carbocycles. The Labute approximate surface area is 186 Å². The van der Waals surface area contributed by atoms with Crippen LogP contribution in [0.25, 0.3) is 10.9 Å². The topological polar surface area (TPSA) is 34.3 Å². The highest BCUT2D eigenvalue weighted by Gasteiger charge is 2.15. The van der Waals surface area contributed by atoms with E-state index in [0.717, 1.165) is 49.9 Å². The number of para-hydroxylation sites is 1. The zero-order chi connectivity index (χ0) is 21.5. The second kappa shape index (κ2) is 10.6. The van der Waals surface area contributed by atoms with E-state index in [0.29, 0.717) is 0 Å². The lowest BCUT2D eigenvalue weighted by atomic mass is 10.1. The highest BCUT2D eigenvalue weighted by molar-refractivity contribution is 7.80. The van der Waals surface area contributed by atoms with Crippen molar-refractivity contribution in [3.8, 4) is 0 Å². The molecular formula is C25H34N4S. The molecule has 0 aliphatic rings. The first-order chi connectivity index (χ1) is 14.5. The van der Waals surface area contributed by atoms with E-state index in [4.69, 9.17) is 12.2 Å². The maximum atomic E-state index is 5.88. The Kier molecular flexibility index (Phi) is 7.88. The van der Waals surface area contributed by atoms with Gasteiger partial charge >= 0.3 is 0 Å². The van der Waals surface area contributed by atoms with Gasteiger partial charge in [0.05, 0.1) is 0 Å². The van der Waals surface area contributed by atoms with Crippen LogP contribution in [0.15, 0.2) is 48.7 Å². The van der Waals surface area contributed by atoms with E-state index in [1.165, 1.54) is 27.6 Å². The minimum Gasteiger partial charge on any atom is -0.361 e. The van der Waals surface area contributed by atoms with Gasteiger partial charge in [-0.1, -0.05) is 44.2 Å². The Hall–Kier alpha value is -2.37. The van der Waals surface area contributed by atoms with Crippen LogP contribution in [0, 0.1) is 13.8 Å². The number of aromatic amines is 1. The van der Waals surface area contributed by atoms with Crippen LogP contribution in [0.2, 0.25) is 0 Å². The lowest BCUT2D eigenvalue weighted by Crippen LogP contribution is -2.37. The first-order valence-corrected chi connectivity index (χ1v) is 11.3. The van der Waals surface area contributed by atoms with Gasteiger partial charge < -0.3 is 20.1 Å². The zero-order valence-electron chi connectivity index (χ0n) is 18.7. The highest BCUT2D eigenvalue weighted by Crippen LogP contribution is 2.21. The highest BCUT2D eigenvalue weighted by atomic mass is 32.1. The predicted molar refractivity (Wildman–Crippen MR) is 133 cm³/mol. The fourth-order valence-corrected chi connectivity index (χ4v) is 4.08. The fraction of sp³-hybridized carbons (Fsp3) is 0.400. The molecule has 0 unspecified atom stereocenters. The van der Waals surface area contributed by atoms with Gasteiger partial charge in [-0.25, -0.2) is 0 Å². The van der Waals surface area contributed by atoms with E-state index < -0.39 is 0 Å². The molecule has 30 heavy (non-hydrogen) atoms. The molecule has 1 aromatic heterocycles. The standard InChI is InChI=1S/C25H34N4S/c1-5-28(6-2)14-9-15-29(18-21-17-26-23-11-8-7-10-22(21)23)25(30)27-24-16-19(3)12-13-20(24)4/h7-8,10-13,16-17,26H,5-6,9,14-15,18H2,1-4H3,(H,27,30). The van der Waals surface area contributed by atoms with Crippen molar-refractivity contribution in [3.63, 3.8) is 0 Å². The Morgan fingerprint density at radius 3 is 2.57 bits per heavy atom. The molecule has 0 atom stereocenters. The molecule has 0 radical (unpaired) electrons. The third kappa shape index (κ3) is 5.61. The van der Waals surface area contributed by atoms with Crippen LogP contribution in [-0.4, -0.2) is 46.1 Å². The molecule has 4 nitrogen and oxygen atoms in total. The van der Waals surface area contributed by atoms with E-state index in [9.17, 15) is 0 Å². The van der Waals surface area contributed by atoms with E-state index >= 15 is 0 Å². The SMILES string of the molecule is CCN(CC)CCCN(Cc1c[nH]c2ccccc12)C(=S)Nc1cc(C)ccc1C. The van der Waals surface area contributed by atoms with E-state index in [1.54, 1.807) is 0 Å². The number of nitrogens with one attached hydrogen (secondary N) is 2. The Morgan fingerprint density at radius 2 is 1.80 bits per heavy atom. The molecule has 0 saturated heterocycles. The molecule has 0 amide bonds. The molecule has 2 aromatic carbocycles. The summed E-state index contributed by atoms with van der Waals surface area (Å²) in [6.07, 6.45) is 3.20. The van der Waals surface area contributed by atoms with Gasteiger partial charge in [0, 0.05) is 35.9 Å². The molecule has 2 N–H and O–H groups in total. The number of hydrogen-bond donors (Lipinski definition) is 2. The summed E-state index contributed by atoms with van der Waals surface area (Å²) in [6, 6.07) is 14.9. The van der Waals surface area contributed by atoms with Gasteiger partial charge in [0.15, 0.2) is 5.11 Å². The van der Waals surface area contributed by atoms with Crippen LogP contribution in [0.1, 0.15) is 37.0 Å². The van der Waals surface area contributed by atoms with Gasteiger partial charge in [-0.05, 0) is 80.9 Å². The summed E-state index contributed by atoms with van der Waals surface area (Å²) in [6.45, 7) is 13.7. The molecule has 5 heteroatoms. The maximum absolute atomic E-state index is 5.88. The lowest BCUT2D eigenvalue weighted by molar-refractivity contribution is 0.281.